The van der Waals surface area contributed by atoms with Gasteiger partial charge in [0.25, 0.3) is 0 Å². The molecule has 0 saturated carbocycles. The average molecular weight is 377 g/mol. The van der Waals surface area contributed by atoms with E-state index >= 15 is 0 Å². The number of ether oxygens (including phenoxy) is 1. The van der Waals surface area contributed by atoms with Crippen molar-refractivity contribution in [1.82, 2.24) is 0 Å². The third-order valence-corrected chi connectivity index (χ3v) is 5.20. The lowest BCUT2D eigenvalue weighted by atomic mass is 9.85. The third-order valence-electron chi connectivity index (χ3n) is 4.79. The normalized spacial score (nSPS) is 16.6. The summed E-state index contributed by atoms with van der Waals surface area (Å²) in [6.07, 6.45) is 0. The van der Waals surface area contributed by atoms with Gasteiger partial charge in [-0.1, -0.05) is 78.3 Å². The van der Waals surface area contributed by atoms with Gasteiger partial charge in [0.15, 0.2) is 5.76 Å². The summed E-state index contributed by atoms with van der Waals surface area (Å²) in [5, 5.41) is 0.476. The fourth-order valence-corrected chi connectivity index (χ4v) is 3.61. The largest absolute Gasteiger partial charge is 0.455 e. The molecule has 0 aliphatic carbocycles. The molecule has 0 radical (unpaired) electrons. The number of aryl methyl sites for hydroxylation is 1. The fraction of sp³-hybridized carbons (Fsp3) is 0.0833. The molecule has 3 heteroatoms. The van der Waals surface area contributed by atoms with Crippen molar-refractivity contribution in [2.45, 2.75) is 12.8 Å². The fourth-order valence-electron chi connectivity index (χ4n) is 3.35. The van der Waals surface area contributed by atoms with Crippen LogP contribution in [0.2, 0.25) is 0 Å². The quantitative estimate of drug-likeness (QED) is 0.476. The van der Waals surface area contributed by atoms with Crippen LogP contribution >= 0.6 is 11.6 Å². The van der Waals surface area contributed by atoms with Crippen LogP contribution < -0.4 is 4.74 Å². The van der Waals surface area contributed by atoms with Crippen molar-refractivity contribution < 1.29 is 9.13 Å². The molecule has 3 aromatic rings. The van der Waals surface area contributed by atoms with E-state index < -0.39 is 0 Å². The highest BCUT2D eigenvalue weighted by Crippen LogP contribution is 2.46. The van der Waals surface area contributed by atoms with E-state index in [-0.39, 0.29) is 11.7 Å². The van der Waals surface area contributed by atoms with Gasteiger partial charge in [-0.3, -0.25) is 0 Å². The second-order valence-electron chi connectivity index (χ2n) is 6.66. The summed E-state index contributed by atoms with van der Waals surface area (Å²) >= 11 is 6.76. The number of benzene rings is 3. The van der Waals surface area contributed by atoms with E-state index in [1.54, 1.807) is 12.1 Å². The van der Waals surface area contributed by atoms with Crippen LogP contribution in [-0.4, -0.2) is 0 Å². The van der Waals surface area contributed by atoms with Crippen LogP contribution in [0.15, 0.2) is 90.0 Å². The predicted molar refractivity (Wildman–Crippen MR) is 108 cm³/mol. The number of hydrogen-bond acceptors (Lipinski definition) is 1. The van der Waals surface area contributed by atoms with Gasteiger partial charge in [0.05, 0.1) is 5.03 Å². The average Bonchev–Trinajstić information content (AvgIpc) is 2.79. The lowest BCUT2D eigenvalue weighted by molar-refractivity contribution is 0.510. The Morgan fingerprint density at radius 2 is 1.59 bits per heavy atom. The summed E-state index contributed by atoms with van der Waals surface area (Å²) in [5.74, 6) is 0.819. The molecule has 0 fully saturated rings. The number of hydrogen-bond donors (Lipinski definition) is 0. The summed E-state index contributed by atoms with van der Waals surface area (Å²) in [7, 11) is 0. The molecule has 0 N–H and O–H groups in total. The second kappa shape index (κ2) is 7.05. The van der Waals surface area contributed by atoms with Crippen molar-refractivity contribution in [2.75, 3.05) is 0 Å². The summed E-state index contributed by atoms with van der Waals surface area (Å²) in [6.45, 7) is 6.30. The molecule has 0 aromatic heterocycles. The Morgan fingerprint density at radius 3 is 2.30 bits per heavy atom. The van der Waals surface area contributed by atoms with Crippen molar-refractivity contribution in [2.24, 2.45) is 0 Å². The van der Waals surface area contributed by atoms with Crippen molar-refractivity contribution in [3.63, 3.8) is 0 Å². The van der Waals surface area contributed by atoms with E-state index in [2.05, 4.69) is 6.58 Å². The highest BCUT2D eigenvalue weighted by molar-refractivity contribution is 6.35. The predicted octanol–water partition coefficient (Wildman–Crippen LogP) is 6.82. The molecule has 27 heavy (non-hydrogen) atoms. The Bertz CT molecular complexity index is 1030. The highest BCUT2D eigenvalue weighted by Gasteiger charge is 2.29. The first-order valence-electron chi connectivity index (χ1n) is 8.73. The van der Waals surface area contributed by atoms with Gasteiger partial charge < -0.3 is 4.74 Å². The van der Waals surface area contributed by atoms with Gasteiger partial charge in [-0.15, -0.1) is 0 Å². The molecule has 1 atom stereocenters. The smallest absolute Gasteiger partial charge is 0.153 e. The second-order valence-corrected chi connectivity index (χ2v) is 7.04. The van der Waals surface area contributed by atoms with E-state index in [1.807, 2.05) is 55.5 Å². The van der Waals surface area contributed by atoms with Gasteiger partial charge in [0.2, 0.25) is 0 Å². The standard InChI is InChI=1S/C24H18ClFO/c1-15-7-9-18(10-8-15)24-23(25)16(2)22(17-11-13-19(26)14-12-17)20-5-3-4-6-21(20)27-24/h3-14,22H,2H2,1H3. The Hall–Kier alpha value is -2.84. The number of para-hydroxylation sites is 1. The summed E-state index contributed by atoms with van der Waals surface area (Å²) < 4.78 is 19.7. The monoisotopic (exact) mass is 376 g/mol. The van der Waals surface area contributed by atoms with Crippen LogP contribution in [0.25, 0.3) is 5.76 Å². The minimum atomic E-state index is -0.274. The minimum absolute atomic E-state index is 0.211. The Labute approximate surface area is 163 Å². The van der Waals surface area contributed by atoms with Gasteiger partial charge >= 0.3 is 0 Å². The lowest BCUT2D eigenvalue weighted by Crippen LogP contribution is -2.04. The third kappa shape index (κ3) is 3.29. The molecule has 0 spiro atoms. The molecule has 1 aliphatic rings. The van der Waals surface area contributed by atoms with Crippen LogP contribution in [-0.2, 0) is 0 Å². The number of allylic oxidation sites excluding steroid dienone is 2. The molecule has 0 bridgehead atoms. The zero-order valence-electron chi connectivity index (χ0n) is 14.9. The first kappa shape index (κ1) is 17.6. The maximum atomic E-state index is 13.4. The van der Waals surface area contributed by atoms with E-state index in [0.717, 1.165) is 33.6 Å². The molecule has 1 heterocycles. The van der Waals surface area contributed by atoms with Gasteiger partial charge in [0, 0.05) is 17.0 Å². The summed E-state index contributed by atoms with van der Waals surface area (Å²) in [6, 6.07) is 22.3. The van der Waals surface area contributed by atoms with Crippen molar-refractivity contribution in [3.8, 4) is 5.75 Å². The molecule has 4 rings (SSSR count). The number of fused-ring (bicyclic) bond motifs is 1. The van der Waals surface area contributed by atoms with Gasteiger partial charge in [0.1, 0.15) is 11.6 Å². The molecule has 1 nitrogen and oxygen atoms in total. The van der Waals surface area contributed by atoms with E-state index in [1.165, 1.54) is 12.1 Å². The van der Waals surface area contributed by atoms with Crippen LogP contribution in [0.5, 0.6) is 5.75 Å². The van der Waals surface area contributed by atoms with Crippen LogP contribution in [0.4, 0.5) is 4.39 Å². The molecule has 1 aliphatic heterocycles. The maximum Gasteiger partial charge on any atom is 0.153 e. The molecular formula is C24H18ClFO. The van der Waals surface area contributed by atoms with Crippen molar-refractivity contribution in [1.29, 1.82) is 0 Å². The van der Waals surface area contributed by atoms with Crippen molar-refractivity contribution >= 4 is 17.4 Å². The van der Waals surface area contributed by atoms with E-state index in [4.69, 9.17) is 16.3 Å². The zero-order valence-corrected chi connectivity index (χ0v) is 15.6. The van der Waals surface area contributed by atoms with Crippen LogP contribution in [0.3, 0.4) is 0 Å². The zero-order chi connectivity index (χ0) is 19.0. The number of halogens is 2. The minimum Gasteiger partial charge on any atom is -0.455 e. The SMILES string of the molecule is C=C1C(Cl)=C(c2ccc(C)cc2)Oc2ccccc2C1c1ccc(F)cc1. The Morgan fingerprint density at radius 1 is 0.926 bits per heavy atom. The summed E-state index contributed by atoms with van der Waals surface area (Å²) in [4.78, 5) is 0. The molecule has 0 amide bonds. The summed E-state index contributed by atoms with van der Waals surface area (Å²) in [5.41, 5.74) is 4.65. The highest BCUT2D eigenvalue weighted by atomic mass is 35.5. The molecular weight excluding hydrogens is 359 g/mol. The van der Waals surface area contributed by atoms with Gasteiger partial charge in [-0.25, -0.2) is 4.39 Å². The maximum absolute atomic E-state index is 13.4. The Balaban J connectivity index is 1.90. The number of rotatable bonds is 2. The molecule has 1 unspecified atom stereocenters. The van der Waals surface area contributed by atoms with E-state index in [9.17, 15) is 4.39 Å². The van der Waals surface area contributed by atoms with Crippen LogP contribution in [0.1, 0.15) is 28.2 Å². The first-order valence-corrected chi connectivity index (χ1v) is 9.10. The lowest BCUT2D eigenvalue weighted by Gasteiger charge is -2.19. The molecule has 3 aromatic carbocycles. The topological polar surface area (TPSA) is 9.23 Å². The van der Waals surface area contributed by atoms with Crippen molar-refractivity contribution in [3.05, 3.63) is 118 Å². The molecule has 134 valence electrons. The Kier molecular flexibility index (Phi) is 4.59. The van der Waals surface area contributed by atoms with Gasteiger partial charge in [-0.2, -0.15) is 0 Å². The van der Waals surface area contributed by atoms with Crippen LogP contribution in [0, 0.1) is 12.7 Å². The first-order chi connectivity index (χ1) is 13.0. The van der Waals surface area contributed by atoms with Gasteiger partial charge in [-0.05, 0) is 36.3 Å². The van der Waals surface area contributed by atoms with E-state index in [0.29, 0.717) is 10.8 Å². The molecule has 0 saturated heterocycles.